The molecule has 1 amide bonds. The summed E-state index contributed by atoms with van der Waals surface area (Å²) in [4.78, 5) is 25.8. The van der Waals surface area contributed by atoms with Crippen molar-refractivity contribution in [3.63, 3.8) is 0 Å². The van der Waals surface area contributed by atoms with Crippen LogP contribution < -0.4 is 15.1 Å². The second kappa shape index (κ2) is 8.31. The molecule has 0 saturated heterocycles. The number of benzene rings is 2. The van der Waals surface area contributed by atoms with Crippen molar-refractivity contribution in [1.82, 2.24) is 9.97 Å². The zero-order valence-electron chi connectivity index (χ0n) is 16.8. The van der Waals surface area contributed by atoms with Crippen molar-refractivity contribution in [3.05, 3.63) is 72.1 Å². The number of amides is 1. The summed E-state index contributed by atoms with van der Waals surface area (Å²) in [6, 6.07) is 17.8. The van der Waals surface area contributed by atoms with Crippen LogP contribution in [0.25, 0.3) is 0 Å². The Morgan fingerprint density at radius 2 is 1.83 bits per heavy atom. The summed E-state index contributed by atoms with van der Waals surface area (Å²) in [7, 11) is 0. The number of nitrogens with zero attached hydrogens (tertiary/aromatic N) is 4. The van der Waals surface area contributed by atoms with Crippen LogP contribution in [0.1, 0.15) is 29.9 Å². The first-order valence-corrected chi connectivity index (χ1v) is 10.0. The van der Waals surface area contributed by atoms with Crippen molar-refractivity contribution >= 4 is 28.9 Å². The first-order chi connectivity index (χ1) is 14.2. The molecule has 3 aromatic rings. The standard InChI is InChI=1S/C23H25N5O/c1-3-27(4-2)19-11-9-18(10-12-19)25-23-24-15-13-20(26-23)22(29)28-16-14-17-7-5-6-8-21(17)28/h5-13,15H,3-4,14,16H2,1-2H3,(H,24,25,26). The largest absolute Gasteiger partial charge is 0.372 e. The first-order valence-electron chi connectivity index (χ1n) is 10.0. The van der Waals surface area contributed by atoms with E-state index < -0.39 is 0 Å². The Morgan fingerprint density at radius 1 is 1.07 bits per heavy atom. The monoisotopic (exact) mass is 387 g/mol. The third-order valence-corrected chi connectivity index (χ3v) is 5.26. The summed E-state index contributed by atoms with van der Waals surface area (Å²) in [5, 5.41) is 3.20. The van der Waals surface area contributed by atoms with E-state index in [0.717, 1.165) is 30.9 Å². The lowest BCUT2D eigenvalue weighted by atomic mass is 10.2. The fourth-order valence-corrected chi connectivity index (χ4v) is 3.70. The lowest BCUT2D eigenvalue weighted by molar-refractivity contribution is 0.0984. The molecule has 0 aliphatic carbocycles. The molecular formula is C23H25N5O. The lowest BCUT2D eigenvalue weighted by Gasteiger charge is -2.21. The molecule has 0 fully saturated rings. The van der Waals surface area contributed by atoms with E-state index in [-0.39, 0.29) is 5.91 Å². The Bertz CT molecular complexity index is 998. The van der Waals surface area contributed by atoms with Crippen molar-refractivity contribution in [1.29, 1.82) is 0 Å². The van der Waals surface area contributed by atoms with Gasteiger partial charge < -0.3 is 15.1 Å². The molecule has 0 saturated carbocycles. The van der Waals surface area contributed by atoms with E-state index in [0.29, 0.717) is 18.2 Å². The molecule has 1 aromatic heterocycles. The van der Waals surface area contributed by atoms with E-state index >= 15 is 0 Å². The summed E-state index contributed by atoms with van der Waals surface area (Å²) in [5.74, 6) is 0.316. The van der Waals surface area contributed by atoms with Crippen LogP contribution in [0, 0.1) is 0 Å². The van der Waals surface area contributed by atoms with Gasteiger partial charge in [-0.2, -0.15) is 0 Å². The van der Waals surface area contributed by atoms with E-state index in [9.17, 15) is 4.79 Å². The van der Waals surface area contributed by atoms with Gasteiger partial charge in [-0.1, -0.05) is 18.2 Å². The van der Waals surface area contributed by atoms with Crippen molar-refractivity contribution in [2.45, 2.75) is 20.3 Å². The second-order valence-electron chi connectivity index (χ2n) is 6.95. The van der Waals surface area contributed by atoms with E-state index in [1.54, 1.807) is 17.2 Å². The van der Waals surface area contributed by atoms with Crippen molar-refractivity contribution in [2.24, 2.45) is 0 Å². The number of fused-ring (bicyclic) bond motifs is 1. The van der Waals surface area contributed by atoms with Crippen molar-refractivity contribution in [3.8, 4) is 0 Å². The molecule has 1 aliphatic rings. The summed E-state index contributed by atoms with van der Waals surface area (Å²) >= 11 is 0. The molecule has 29 heavy (non-hydrogen) atoms. The summed E-state index contributed by atoms with van der Waals surface area (Å²) in [5.41, 5.74) is 4.62. The minimum atomic E-state index is -0.0997. The molecule has 0 radical (unpaired) electrons. The molecule has 2 heterocycles. The molecule has 0 atom stereocenters. The highest BCUT2D eigenvalue weighted by Gasteiger charge is 2.26. The van der Waals surface area contributed by atoms with Gasteiger partial charge >= 0.3 is 0 Å². The quantitative estimate of drug-likeness (QED) is 0.684. The molecule has 4 rings (SSSR count). The van der Waals surface area contributed by atoms with Gasteiger partial charge in [0.2, 0.25) is 5.95 Å². The Balaban J connectivity index is 1.50. The van der Waals surface area contributed by atoms with Crippen LogP contribution in [-0.4, -0.2) is 35.5 Å². The fraction of sp³-hybridized carbons (Fsp3) is 0.261. The van der Waals surface area contributed by atoms with Crippen LogP contribution in [0.2, 0.25) is 0 Å². The van der Waals surface area contributed by atoms with Crippen molar-refractivity contribution in [2.75, 3.05) is 34.8 Å². The van der Waals surface area contributed by atoms with E-state index in [1.165, 1.54) is 11.3 Å². The van der Waals surface area contributed by atoms with Gasteiger partial charge in [0.15, 0.2) is 0 Å². The number of rotatable bonds is 6. The molecule has 6 heteroatoms. The number of nitrogens with one attached hydrogen (secondary N) is 1. The van der Waals surface area contributed by atoms with Gasteiger partial charge in [0.25, 0.3) is 5.91 Å². The highest BCUT2D eigenvalue weighted by atomic mass is 16.2. The van der Waals surface area contributed by atoms with Crippen LogP contribution in [0.5, 0.6) is 0 Å². The maximum atomic E-state index is 13.0. The predicted octanol–water partition coefficient (Wildman–Crippen LogP) is 4.27. The van der Waals surface area contributed by atoms with Gasteiger partial charge in [0, 0.05) is 42.9 Å². The number of carbonyl (C=O) groups is 1. The molecule has 0 unspecified atom stereocenters. The van der Waals surface area contributed by atoms with Crippen LogP contribution in [0.15, 0.2) is 60.8 Å². The van der Waals surface area contributed by atoms with Gasteiger partial charge in [0.1, 0.15) is 5.69 Å². The van der Waals surface area contributed by atoms with E-state index in [4.69, 9.17) is 0 Å². The van der Waals surface area contributed by atoms with Gasteiger partial charge in [0.05, 0.1) is 0 Å². The third kappa shape index (κ3) is 3.92. The zero-order chi connectivity index (χ0) is 20.2. The van der Waals surface area contributed by atoms with Crippen LogP contribution >= 0.6 is 0 Å². The number of para-hydroxylation sites is 1. The Morgan fingerprint density at radius 3 is 2.59 bits per heavy atom. The maximum Gasteiger partial charge on any atom is 0.277 e. The van der Waals surface area contributed by atoms with Crippen LogP contribution in [0.3, 0.4) is 0 Å². The van der Waals surface area contributed by atoms with E-state index in [2.05, 4.69) is 52.2 Å². The molecule has 2 aromatic carbocycles. The normalized spacial score (nSPS) is 12.6. The number of aromatic nitrogens is 2. The second-order valence-corrected chi connectivity index (χ2v) is 6.95. The smallest absolute Gasteiger partial charge is 0.277 e. The average Bonchev–Trinajstić information content (AvgIpc) is 3.20. The predicted molar refractivity (Wildman–Crippen MR) is 117 cm³/mol. The van der Waals surface area contributed by atoms with Gasteiger partial charge in [-0.15, -0.1) is 0 Å². The molecule has 0 spiro atoms. The Hall–Kier alpha value is -3.41. The van der Waals surface area contributed by atoms with Gasteiger partial charge in [-0.05, 0) is 62.2 Å². The maximum absolute atomic E-state index is 13.0. The highest BCUT2D eigenvalue weighted by Crippen LogP contribution is 2.28. The SMILES string of the molecule is CCN(CC)c1ccc(Nc2nccc(C(=O)N3CCc4ccccc43)n2)cc1. The molecule has 6 nitrogen and oxygen atoms in total. The molecule has 0 bridgehead atoms. The van der Waals surface area contributed by atoms with Gasteiger partial charge in [-0.3, -0.25) is 4.79 Å². The molecule has 148 valence electrons. The minimum Gasteiger partial charge on any atom is -0.372 e. The van der Waals surface area contributed by atoms with Gasteiger partial charge in [-0.25, -0.2) is 9.97 Å². The lowest BCUT2D eigenvalue weighted by Crippen LogP contribution is -2.29. The first kappa shape index (κ1) is 18.9. The third-order valence-electron chi connectivity index (χ3n) is 5.26. The summed E-state index contributed by atoms with van der Waals surface area (Å²) < 4.78 is 0. The average molecular weight is 387 g/mol. The number of hydrogen-bond acceptors (Lipinski definition) is 5. The van der Waals surface area contributed by atoms with Crippen molar-refractivity contribution < 1.29 is 4.79 Å². The van der Waals surface area contributed by atoms with Crippen LogP contribution in [-0.2, 0) is 6.42 Å². The summed E-state index contributed by atoms with van der Waals surface area (Å²) in [6.45, 7) is 6.90. The molecule has 1 N–H and O–H groups in total. The Kier molecular flexibility index (Phi) is 5.42. The fourth-order valence-electron chi connectivity index (χ4n) is 3.70. The zero-order valence-corrected chi connectivity index (χ0v) is 16.8. The van der Waals surface area contributed by atoms with E-state index in [1.807, 2.05) is 30.3 Å². The Labute approximate surface area is 171 Å². The number of carbonyl (C=O) groups excluding carboxylic acids is 1. The molecular weight excluding hydrogens is 362 g/mol. The number of hydrogen-bond donors (Lipinski definition) is 1. The topological polar surface area (TPSA) is 61.4 Å². The number of anilines is 4. The minimum absolute atomic E-state index is 0.0997. The molecule has 1 aliphatic heterocycles. The van der Waals surface area contributed by atoms with Crippen LogP contribution in [0.4, 0.5) is 23.0 Å². The highest BCUT2D eigenvalue weighted by molar-refractivity contribution is 6.06. The summed E-state index contributed by atoms with van der Waals surface area (Å²) in [6.07, 6.45) is 2.49.